The standard InChI is InChI=1S/C9H13NO3Se/c1-5(11)7(10)4-6-2-3-8(14-6)9(12)13/h2-3,5,7,11H,4,10H2,1H3,(H,12,13). The molecule has 0 amide bonds. The van der Waals surface area contributed by atoms with Crippen molar-refractivity contribution < 1.29 is 15.0 Å². The Balaban J connectivity index is 2.64. The topological polar surface area (TPSA) is 83.5 Å². The molecule has 0 saturated heterocycles. The number of aromatic carboxylic acids is 1. The molecule has 0 bridgehead atoms. The molecule has 0 aliphatic rings. The van der Waals surface area contributed by atoms with E-state index in [1.807, 2.05) is 0 Å². The molecule has 4 nitrogen and oxygen atoms in total. The molecule has 5 heteroatoms. The summed E-state index contributed by atoms with van der Waals surface area (Å²) in [6, 6.07) is 3.11. The summed E-state index contributed by atoms with van der Waals surface area (Å²) in [5.74, 6) is -0.859. The maximum atomic E-state index is 10.6. The van der Waals surface area contributed by atoms with E-state index in [0.29, 0.717) is 10.9 Å². The van der Waals surface area contributed by atoms with Crippen molar-refractivity contribution >= 4 is 20.5 Å². The average Bonchev–Trinajstić information content (AvgIpc) is 2.52. The number of aliphatic hydroxyl groups is 1. The normalized spacial score (nSPS) is 15.1. The van der Waals surface area contributed by atoms with E-state index in [-0.39, 0.29) is 20.5 Å². The van der Waals surface area contributed by atoms with E-state index in [4.69, 9.17) is 10.8 Å². The van der Waals surface area contributed by atoms with E-state index in [1.54, 1.807) is 19.1 Å². The van der Waals surface area contributed by atoms with Gasteiger partial charge in [-0.05, 0) is 0 Å². The molecule has 1 aromatic rings. The molecule has 4 N–H and O–H groups in total. The van der Waals surface area contributed by atoms with Gasteiger partial charge in [0.1, 0.15) is 0 Å². The fourth-order valence-electron chi connectivity index (χ4n) is 1.01. The first kappa shape index (κ1) is 11.5. The van der Waals surface area contributed by atoms with Crippen LogP contribution in [-0.4, -0.2) is 42.8 Å². The molecule has 2 atom stereocenters. The zero-order valence-corrected chi connectivity index (χ0v) is 9.52. The molecular formula is C9H13NO3Se. The van der Waals surface area contributed by atoms with Crippen LogP contribution in [0.15, 0.2) is 12.1 Å². The Hall–Kier alpha value is -0.611. The van der Waals surface area contributed by atoms with Gasteiger partial charge in [0, 0.05) is 0 Å². The summed E-state index contributed by atoms with van der Waals surface area (Å²) < 4.78 is 1.48. The van der Waals surface area contributed by atoms with Crippen molar-refractivity contribution in [2.45, 2.75) is 25.5 Å². The third-order valence-corrected chi connectivity index (χ3v) is 4.23. The molecular weight excluding hydrogens is 249 g/mol. The zero-order valence-electron chi connectivity index (χ0n) is 7.80. The fourth-order valence-corrected chi connectivity index (χ4v) is 2.93. The number of hydrogen-bond donors (Lipinski definition) is 3. The second-order valence-corrected chi connectivity index (χ2v) is 5.63. The van der Waals surface area contributed by atoms with Crippen LogP contribution in [0, 0.1) is 0 Å². The first-order valence-electron chi connectivity index (χ1n) is 4.26. The van der Waals surface area contributed by atoms with Crippen molar-refractivity contribution in [3.8, 4) is 0 Å². The summed E-state index contributed by atoms with van der Waals surface area (Å²) in [7, 11) is 0. The van der Waals surface area contributed by atoms with Crippen molar-refractivity contribution in [2.75, 3.05) is 0 Å². The van der Waals surface area contributed by atoms with E-state index in [9.17, 15) is 9.90 Å². The zero-order chi connectivity index (χ0) is 10.7. The number of rotatable bonds is 4. The van der Waals surface area contributed by atoms with Gasteiger partial charge in [0.05, 0.1) is 0 Å². The molecule has 0 radical (unpaired) electrons. The van der Waals surface area contributed by atoms with Crippen LogP contribution >= 0.6 is 0 Å². The second kappa shape index (κ2) is 4.75. The predicted molar refractivity (Wildman–Crippen MR) is 53.7 cm³/mol. The molecule has 0 spiro atoms. The van der Waals surface area contributed by atoms with Crippen LogP contribution in [0.5, 0.6) is 0 Å². The van der Waals surface area contributed by atoms with Crippen LogP contribution in [0.1, 0.15) is 20.6 Å². The van der Waals surface area contributed by atoms with Crippen LogP contribution in [0.2, 0.25) is 0 Å². The maximum absolute atomic E-state index is 10.6. The van der Waals surface area contributed by atoms with Crippen LogP contribution in [-0.2, 0) is 6.42 Å². The molecule has 0 aliphatic heterocycles. The first-order valence-corrected chi connectivity index (χ1v) is 5.97. The van der Waals surface area contributed by atoms with Gasteiger partial charge >= 0.3 is 87.7 Å². The Morgan fingerprint density at radius 3 is 2.71 bits per heavy atom. The molecule has 1 heterocycles. The third-order valence-electron chi connectivity index (χ3n) is 1.93. The van der Waals surface area contributed by atoms with Crippen molar-refractivity contribution in [2.24, 2.45) is 5.73 Å². The number of carboxylic acid groups (broad SMARTS) is 1. The van der Waals surface area contributed by atoms with E-state index in [0.717, 1.165) is 4.44 Å². The molecule has 0 aliphatic carbocycles. The number of aliphatic hydroxyl groups excluding tert-OH is 1. The third kappa shape index (κ3) is 2.96. The number of nitrogens with two attached hydrogens (primary N) is 1. The minimum atomic E-state index is -0.859. The van der Waals surface area contributed by atoms with Crippen molar-refractivity contribution in [3.05, 3.63) is 21.0 Å². The monoisotopic (exact) mass is 263 g/mol. The Labute approximate surface area is 88.1 Å². The van der Waals surface area contributed by atoms with Crippen molar-refractivity contribution in [1.82, 2.24) is 0 Å². The first-order chi connectivity index (χ1) is 6.50. The van der Waals surface area contributed by atoms with Gasteiger partial charge in [-0.1, -0.05) is 0 Å². The summed E-state index contributed by atoms with van der Waals surface area (Å²) in [4.78, 5) is 10.6. The average molecular weight is 262 g/mol. The van der Waals surface area contributed by atoms with Crippen LogP contribution in [0.25, 0.3) is 0 Å². The molecule has 2 unspecified atom stereocenters. The molecule has 0 saturated carbocycles. The van der Waals surface area contributed by atoms with Gasteiger partial charge in [-0.15, -0.1) is 0 Å². The predicted octanol–water partition coefficient (Wildman–Crippen LogP) is -0.308. The summed E-state index contributed by atoms with van der Waals surface area (Å²) in [5, 5.41) is 17.9. The van der Waals surface area contributed by atoms with Crippen LogP contribution in [0.4, 0.5) is 0 Å². The second-order valence-electron chi connectivity index (χ2n) is 3.18. The number of carboxylic acids is 1. The van der Waals surface area contributed by atoms with Gasteiger partial charge in [0.15, 0.2) is 0 Å². The molecule has 14 heavy (non-hydrogen) atoms. The minimum absolute atomic E-state index is 0.127. The van der Waals surface area contributed by atoms with Gasteiger partial charge in [-0.25, -0.2) is 0 Å². The fraction of sp³-hybridized carbons (Fsp3) is 0.444. The molecule has 78 valence electrons. The van der Waals surface area contributed by atoms with E-state index in [1.165, 1.54) is 0 Å². The summed E-state index contributed by atoms with van der Waals surface area (Å²) in [6.45, 7) is 1.64. The van der Waals surface area contributed by atoms with Gasteiger partial charge in [0.2, 0.25) is 0 Å². The van der Waals surface area contributed by atoms with Gasteiger partial charge in [-0.3, -0.25) is 0 Å². The molecule has 0 aromatic carbocycles. The Morgan fingerprint density at radius 1 is 1.64 bits per heavy atom. The Kier molecular flexibility index (Phi) is 3.89. The molecule has 0 fully saturated rings. The van der Waals surface area contributed by atoms with Crippen molar-refractivity contribution in [3.63, 3.8) is 0 Å². The van der Waals surface area contributed by atoms with Crippen LogP contribution < -0.4 is 5.73 Å². The van der Waals surface area contributed by atoms with E-state index >= 15 is 0 Å². The Bertz CT molecular complexity index is 322. The summed E-state index contributed by atoms with van der Waals surface area (Å²) in [6.07, 6.45) is 0.0193. The molecule has 1 rings (SSSR count). The molecule has 1 aromatic heterocycles. The van der Waals surface area contributed by atoms with Gasteiger partial charge in [-0.2, -0.15) is 0 Å². The van der Waals surface area contributed by atoms with Crippen molar-refractivity contribution in [1.29, 1.82) is 0 Å². The summed E-state index contributed by atoms with van der Waals surface area (Å²) >= 11 is -0.127. The Morgan fingerprint density at radius 2 is 2.29 bits per heavy atom. The summed E-state index contributed by atoms with van der Waals surface area (Å²) in [5.41, 5.74) is 5.67. The van der Waals surface area contributed by atoms with Gasteiger partial charge < -0.3 is 0 Å². The SMILES string of the molecule is CC(O)C(N)Cc1ccc(C(=O)O)[se]1. The van der Waals surface area contributed by atoms with E-state index in [2.05, 4.69) is 0 Å². The van der Waals surface area contributed by atoms with Crippen LogP contribution in [0.3, 0.4) is 0 Å². The van der Waals surface area contributed by atoms with E-state index < -0.39 is 12.1 Å². The quantitative estimate of drug-likeness (QED) is 0.650. The number of carbonyl (C=O) groups is 1. The number of hydrogen-bond acceptors (Lipinski definition) is 3. The van der Waals surface area contributed by atoms with Gasteiger partial charge in [0.25, 0.3) is 0 Å².